The predicted molar refractivity (Wildman–Crippen MR) is 91.5 cm³/mol. The van der Waals surface area contributed by atoms with Gasteiger partial charge in [-0.25, -0.2) is 4.68 Å². The zero-order valence-electron chi connectivity index (χ0n) is 13.6. The largest absolute Gasteiger partial charge is 0.351 e. The Balaban J connectivity index is 2.05. The number of aromatic nitrogens is 7. The number of benzene rings is 1. The number of aryl methyl sites for hydroxylation is 3. The third-order valence-corrected chi connectivity index (χ3v) is 4.35. The van der Waals surface area contributed by atoms with Crippen LogP contribution in [0.3, 0.4) is 0 Å². The highest BCUT2D eigenvalue weighted by atomic mass is 15.4. The Kier molecular flexibility index (Phi) is 2.43. The van der Waals surface area contributed by atoms with Gasteiger partial charge in [-0.05, 0) is 32.9 Å². The molecule has 5 aromatic rings. The van der Waals surface area contributed by atoms with Crippen LogP contribution in [0.5, 0.6) is 0 Å². The first-order valence-corrected chi connectivity index (χ1v) is 7.79. The Bertz CT molecular complexity index is 1240. The fourth-order valence-electron chi connectivity index (χ4n) is 3.31. The molecule has 24 heavy (non-hydrogen) atoms. The molecule has 4 aromatic heterocycles. The standard InChI is InChI=1S/C17H15N7/c1-9-8-10(2)23(21-9)17-15-14(12-6-4-5-7-13(12)18-15)16-20-19-11(3)24(16)22-17/h4-8,18H,1-3H3. The average molecular weight is 317 g/mol. The molecule has 0 fully saturated rings. The van der Waals surface area contributed by atoms with Crippen LogP contribution in [0.25, 0.3) is 33.3 Å². The van der Waals surface area contributed by atoms with E-state index in [2.05, 4.69) is 32.4 Å². The van der Waals surface area contributed by atoms with Gasteiger partial charge in [0.05, 0.1) is 16.6 Å². The van der Waals surface area contributed by atoms with Gasteiger partial charge in [-0.3, -0.25) is 0 Å². The molecule has 7 heteroatoms. The number of aromatic amines is 1. The van der Waals surface area contributed by atoms with Gasteiger partial charge in [0.2, 0.25) is 0 Å². The van der Waals surface area contributed by atoms with E-state index in [0.29, 0.717) is 0 Å². The fourth-order valence-corrected chi connectivity index (χ4v) is 3.31. The molecule has 0 saturated carbocycles. The molecular formula is C17H15N7. The monoisotopic (exact) mass is 317 g/mol. The molecule has 118 valence electrons. The summed E-state index contributed by atoms with van der Waals surface area (Å²) in [5.74, 6) is 1.50. The lowest BCUT2D eigenvalue weighted by molar-refractivity contribution is 0.763. The Morgan fingerprint density at radius 1 is 1.00 bits per heavy atom. The lowest BCUT2D eigenvalue weighted by Crippen LogP contribution is -2.07. The van der Waals surface area contributed by atoms with Crippen molar-refractivity contribution >= 4 is 27.5 Å². The maximum Gasteiger partial charge on any atom is 0.198 e. The second kappa shape index (κ2) is 4.41. The topological polar surface area (TPSA) is 76.7 Å². The van der Waals surface area contributed by atoms with E-state index in [1.54, 1.807) is 4.52 Å². The molecular weight excluding hydrogens is 302 g/mol. The summed E-state index contributed by atoms with van der Waals surface area (Å²) in [4.78, 5) is 3.48. The first-order chi connectivity index (χ1) is 11.6. The quantitative estimate of drug-likeness (QED) is 0.516. The van der Waals surface area contributed by atoms with Crippen molar-refractivity contribution in [2.75, 3.05) is 0 Å². The molecule has 0 amide bonds. The van der Waals surface area contributed by atoms with E-state index in [1.165, 1.54) is 0 Å². The lowest BCUT2D eigenvalue weighted by Gasteiger charge is -2.06. The number of nitrogens with zero attached hydrogens (tertiary/aromatic N) is 6. The SMILES string of the molecule is Cc1cc(C)n(-c2nn3c(C)nnc3c3c2[nH]c2ccccc23)n1. The third-order valence-electron chi connectivity index (χ3n) is 4.35. The molecule has 7 nitrogen and oxygen atoms in total. The minimum atomic E-state index is 0.750. The number of fused-ring (bicyclic) bond motifs is 5. The number of hydrogen-bond acceptors (Lipinski definition) is 4. The molecule has 0 saturated heterocycles. The summed E-state index contributed by atoms with van der Waals surface area (Å²) in [6, 6.07) is 10.2. The second-order valence-electron chi connectivity index (χ2n) is 6.07. The molecule has 0 aliphatic rings. The van der Waals surface area contributed by atoms with Crippen LogP contribution < -0.4 is 0 Å². The molecule has 0 unspecified atom stereocenters. The number of para-hydroxylation sites is 1. The normalized spacial score (nSPS) is 12.0. The highest BCUT2D eigenvalue weighted by Crippen LogP contribution is 2.31. The summed E-state index contributed by atoms with van der Waals surface area (Å²) < 4.78 is 3.65. The van der Waals surface area contributed by atoms with Gasteiger partial charge in [-0.15, -0.1) is 15.3 Å². The van der Waals surface area contributed by atoms with Gasteiger partial charge in [0.25, 0.3) is 0 Å². The van der Waals surface area contributed by atoms with Gasteiger partial charge in [-0.1, -0.05) is 18.2 Å². The van der Waals surface area contributed by atoms with Crippen molar-refractivity contribution in [2.24, 2.45) is 0 Å². The van der Waals surface area contributed by atoms with E-state index in [9.17, 15) is 0 Å². The minimum absolute atomic E-state index is 0.750. The molecule has 0 spiro atoms. The van der Waals surface area contributed by atoms with Crippen LogP contribution in [-0.4, -0.2) is 34.6 Å². The first-order valence-electron chi connectivity index (χ1n) is 7.79. The number of H-pyrrole nitrogens is 1. The van der Waals surface area contributed by atoms with Crippen LogP contribution in [0.2, 0.25) is 0 Å². The Morgan fingerprint density at radius 2 is 1.83 bits per heavy atom. The van der Waals surface area contributed by atoms with Crippen molar-refractivity contribution in [3.05, 3.63) is 47.5 Å². The van der Waals surface area contributed by atoms with E-state index in [1.807, 2.05) is 43.7 Å². The molecule has 0 aliphatic heterocycles. The Morgan fingerprint density at radius 3 is 2.62 bits per heavy atom. The van der Waals surface area contributed by atoms with Crippen LogP contribution in [0, 0.1) is 20.8 Å². The van der Waals surface area contributed by atoms with Gasteiger partial charge in [0.15, 0.2) is 17.3 Å². The van der Waals surface area contributed by atoms with Crippen LogP contribution in [0.1, 0.15) is 17.2 Å². The Labute approximate surface area is 136 Å². The molecule has 1 N–H and O–H groups in total. The Hall–Kier alpha value is -3.22. The van der Waals surface area contributed by atoms with Crippen molar-refractivity contribution < 1.29 is 0 Å². The summed E-state index contributed by atoms with van der Waals surface area (Å²) in [7, 11) is 0. The summed E-state index contributed by atoms with van der Waals surface area (Å²) in [5, 5.41) is 20.0. The molecule has 0 radical (unpaired) electrons. The van der Waals surface area contributed by atoms with E-state index < -0.39 is 0 Å². The van der Waals surface area contributed by atoms with E-state index in [4.69, 9.17) is 5.10 Å². The zero-order chi connectivity index (χ0) is 16.4. The van der Waals surface area contributed by atoms with Gasteiger partial charge >= 0.3 is 0 Å². The van der Waals surface area contributed by atoms with Gasteiger partial charge < -0.3 is 4.98 Å². The summed E-state index contributed by atoms with van der Waals surface area (Å²) in [5.41, 5.74) is 4.71. The zero-order valence-corrected chi connectivity index (χ0v) is 13.6. The van der Waals surface area contributed by atoms with Crippen molar-refractivity contribution in [1.82, 2.24) is 34.6 Å². The van der Waals surface area contributed by atoms with E-state index >= 15 is 0 Å². The summed E-state index contributed by atoms with van der Waals surface area (Å²) >= 11 is 0. The number of rotatable bonds is 1. The highest BCUT2D eigenvalue weighted by molar-refractivity contribution is 6.15. The van der Waals surface area contributed by atoms with E-state index in [0.717, 1.165) is 50.5 Å². The maximum absolute atomic E-state index is 4.76. The van der Waals surface area contributed by atoms with Crippen molar-refractivity contribution in [3.8, 4) is 5.82 Å². The highest BCUT2D eigenvalue weighted by Gasteiger charge is 2.19. The van der Waals surface area contributed by atoms with Crippen LogP contribution in [-0.2, 0) is 0 Å². The molecule has 0 bridgehead atoms. The number of hydrogen-bond donors (Lipinski definition) is 1. The third kappa shape index (κ3) is 1.61. The molecule has 4 heterocycles. The second-order valence-corrected chi connectivity index (χ2v) is 6.07. The van der Waals surface area contributed by atoms with Crippen molar-refractivity contribution in [3.63, 3.8) is 0 Å². The van der Waals surface area contributed by atoms with Gasteiger partial charge in [-0.2, -0.15) is 9.61 Å². The van der Waals surface area contributed by atoms with Crippen LogP contribution in [0.4, 0.5) is 0 Å². The maximum atomic E-state index is 4.76. The van der Waals surface area contributed by atoms with Gasteiger partial charge in [0.1, 0.15) is 0 Å². The summed E-state index contributed by atoms with van der Waals surface area (Å²) in [6.45, 7) is 5.91. The first kappa shape index (κ1) is 13.2. The van der Waals surface area contributed by atoms with E-state index in [-0.39, 0.29) is 0 Å². The van der Waals surface area contributed by atoms with Crippen molar-refractivity contribution in [1.29, 1.82) is 0 Å². The van der Waals surface area contributed by atoms with Crippen LogP contribution in [0.15, 0.2) is 30.3 Å². The number of nitrogens with one attached hydrogen (secondary N) is 1. The summed E-state index contributed by atoms with van der Waals surface area (Å²) in [6.07, 6.45) is 0. The molecule has 1 aromatic carbocycles. The molecule has 5 rings (SSSR count). The van der Waals surface area contributed by atoms with Gasteiger partial charge in [0, 0.05) is 16.6 Å². The van der Waals surface area contributed by atoms with Crippen molar-refractivity contribution in [2.45, 2.75) is 20.8 Å². The predicted octanol–water partition coefficient (Wildman–Crippen LogP) is 2.87. The fraction of sp³-hybridized carbons (Fsp3) is 0.176. The van der Waals surface area contributed by atoms with Crippen LogP contribution >= 0.6 is 0 Å². The smallest absolute Gasteiger partial charge is 0.198 e. The minimum Gasteiger partial charge on any atom is -0.351 e. The molecule has 0 aliphatic carbocycles. The lowest BCUT2D eigenvalue weighted by atomic mass is 10.2. The molecule has 0 atom stereocenters. The average Bonchev–Trinajstić information content (AvgIpc) is 3.22.